The molecular weight excluding hydrogens is 218 g/mol. The van der Waals surface area contributed by atoms with E-state index in [2.05, 4.69) is 22.1 Å². The second kappa shape index (κ2) is 5.43. The molecular formula is C12H19N3S. The third kappa shape index (κ3) is 2.82. The number of nitrogens with two attached hydrogens (primary N) is 1. The SMILES string of the molecule is Cc1ccnc(NCC2CCSCC2)c1N. The van der Waals surface area contributed by atoms with Gasteiger partial charge < -0.3 is 11.1 Å². The highest BCUT2D eigenvalue weighted by Crippen LogP contribution is 2.24. The number of anilines is 2. The second-order valence-electron chi connectivity index (χ2n) is 4.33. The first-order chi connectivity index (χ1) is 7.77. The van der Waals surface area contributed by atoms with Gasteiger partial charge in [0.05, 0.1) is 5.69 Å². The standard InChI is InChI=1S/C12H19N3S/c1-9-2-5-14-12(11(9)13)15-8-10-3-6-16-7-4-10/h2,5,10H,3-4,6-8,13H2,1H3,(H,14,15). The lowest BCUT2D eigenvalue weighted by molar-refractivity contribution is 0.515. The molecule has 1 fully saturated rings. The van der Waals surface area contributed by atoms with Crippen LogP contribution in [0.4, 0.5) is 11.5 Å². The molecule has 0 atom stereocenters. The lowest BCUT2D eigenvalue weighted by Gasteiger charge is -2.22. The van der Waals surface area contributed by atoms with Crippen molar-refractivity contribution in [1.29, 1.82) is 0 Å². The minimum absolute atomic E-state index is 0.781. The van der Waals surface area contributed by atoms with Crippen LogP contribution in [0.15, 0.2) is 12.3 Å². The summed E-state index contributed by atoms with van der Waals surface area (Å²) in [5, 5.41) is 3.38. The molecule has 1 aromatic heterocycles. The van der Waals surface area contributed by atoms with Gasteiger partial charge in [0.2, 0.25) is 0 Å². The summed E-state index contributed by atoms with van der Waals surface area (Å²) in [6, 6.07) is 1.94. The number of hydrogen-bond acceptors (Lipinski definition) is 4. The fraction of sp³-hybridized carbons (Fsp3) is 0.583. The first-order valence-corrected chi connectivity index (χ1v) is 6.95. The average molecular weight is 237 g/mol. The summed E-state index contributed by atoms with van der Waals surface area (Å²) in [4.78, 5) is 4.28. The molecule has 0 amide bonds. The van der Waals surface area contributed by atoms with E-state index < -0.39 is 0 Å². The Morgan fingerprint density at radius 2 is 2.25 bits per heavy atom. The number of hydrogen-bond donors (Lipinski definition) is 2. The molecule has 16 heavy (non-hydrogen) atoms. The van der Waals surface area contributed by atoms with Crippen LogP contribution in [0, 0.1) is 12.8 Å². The van der Waals surface area contributed by atoms with Gasteiger partial charge in [0.1, 0.15) is 5.82 Å². The molecule has 0 aliphatic carbocycles. The summed E-state index contributed by atoms with van der Waals surface area (Å²) in [5.41, 5.74) is 7.85. The van der Waals surface area contributed by atoms with Gasteiger partial charge in [-0.15, -0.1) is 0 Å². The number of thioether (sulfide) groups is 1. The lowest BCUT2D eigenvalue weighted by atomic mass is 10.0. The van der Waals surface area contributed by atoms with Gasteiger partial charge in [0.15, 0.2) is 0 Å². The summed E-state index contributed by atoms with van der Waals surface area (Å²) in [6.07, 6.45) is 4.43. The van der Waals surface area contributed by atoms with E-state index in [-0.39, 0.29) is 0 Å². The zero-order chi connectivity index (χ0) is 11.4. The third-order valence-electron chi connectivity index (χ3n) is 3.11. The highest BCUT2D eigenvalue weighted by molar-refractivity contribution is 7.99. The smallest absolute Gasteiger partial charge is 0.149 e. The lowest BCUT2D eigenvalue weighted by Crippen LogP contribution is -2.20. The highest BCUT2D eigenvalue weighted by atomic mass is 32.2. The van der Waals surface area contributed by atoms with Gasteiger partial charge >= 0.3 is 0 Å². The Hall–Kier alpha value is -0.900. The number of aryl methyl sites for hydroxylation is 1. The average Bonchev–Trinajstić information content (AvgIpc) is 2.32. The Morgan fingerprint density at radius 3 is 3.00 bits per heavy atom. The van der Waals surface area contributed by atoms with Crippen LogP contribution in [0.25, 0.3) is 0 Å². The number of nitrogen functional groups attached to an aromatic ring is 1. The number of rotatable bonds is 3. The molecule has 0 saturated carbocycles. The summed E-state index contributed by atoms with van der Waals surface area (Å²) >= 11 is 2.06. The molecule has 3 N–H and O–H groups in total. The van der Waals surface area contributed by atoms with Crippen LogP contribution in [0.1, 0.15) is 18.4 Å². The van der Waals surface area contributed by atoms with Crippen LogP contribution in [0.2, 0.25) is 0 Å². The summed E-state index contributed by atoms with van der Waals surface area (Å²) in [5.74, 6) is 4.22. The van der Waals surface area contributed by atoms with Crippen molar-refractivity contribution in [3.63, 3.8) is 0 Å². The Labute approximate surface area is 101 Å². The maximum Gasteiger partial charge on any atom is 0.149 e. The first-order valence-electron chi connectivity index (χ1n) is 5.80. The van der Waals surface area contributed by atoms with Crippen molar-refractivity contribution in [3.05, 3.63) is 17.8 Å². The van der Waals surface area contributed by atoms with E-state index in [1.165, 1.54) is 24.3 Å². The van der Waals surface area contributed by atoms with Crippen molar-refractivity contribution in [1.82, 2.24) is 4.98 Å². The van der Waals surface area contributed by atoms with Gasteiger partial charge in [0, 0.05) is 12.7 Å². The second-order valence-corrected chi connectivity index (χ2v) is 5.55. The van der Waals surface area contributed by atoms with E-state index in [4.69, 9.17) is 5.73 Å². The molecule has 0 bridgehead atoms. The van der Waals surface area contributed by atoms with Crippen molar-refractivity contribution in [2.24, 2.45) is 5.92 Å². The van der Waals surface area contributed by atoms with Crippen molar-refractivity contribution >= 4 is 23.3 Å². The minimum atomic E-state index is 0.781. The highest BCUT2D eigenvalue weighted by Gasteiger charge is 2.14. The molecule has 4 heteroatoms. The topological polar surface area (TPSA) is 50.9 Å². The van der Waals surface area contributed by atoms with Crippen LogP contribution in [0.5, 0.6) is 0 Å². The van der Waals surface area contributed by atoms with Crippen molar-refractivity contribution < 1.29 is 0 Å². The van der Waals surface area contributed by atoms with Gasteiger partial charge in [-0.2, -0.15) is 11.8 Å². The summed E-state index contributed by atoms with van der Waals surface area (Å²) < 4.78 is 0. The van der Waals surface area contributed by atoms with Gasteiger partial charge in [-0.3, -0.25) is 0 Å². The molecule has 2 heterocycles. The molecule has 88 valence electrons. The molecule has 1 aliphatic heterocycles. The quantitative estimate of drug-likeness (QED) is 0.848. The largest absolute Gasteiger partial charge is 0.396 e. The third-order valence-corrected chi connectivity index (χ3v) is 4.16. The predicted octanol–water partition coefficient (Wildman–Crippen LogP) is 2.53. The maximum atomic E-state index is 5.97. The zero-order valence-electron chi connectivity index (χ0n) is 9.70. The molecule has 0 spiro atoms. The summed E-state index contributed by atoms with van der Waals surface area (Å²) in [6.45, 7) is 3.01. The number of aromatic nitrogens is 1. The van der Waals surface area contributed by atoms with Crippen LogP contribution >= 0.6 is 11.8 Å². The Bertz CT molecular complexity index is 348. The van der Waals surface area contributed by atoms with E-state index >= 15 is 0 Å². The molecule has 0 unspecified atom stereocenters. The number of nitrogens with zero attached hydrogens (tertiary/aromatic N) is 1. The Morgan fingerprint density at radius 1 is 1.50 bits per heavy atom. The van der Waals surface area contributed by atoms with Gasteiger partial charge in [-0.05, 0) is 48.8 Å². The molecule has 1 aliphatic rings. The molecule has 1 saturated heterocycles. The number of nitrogens with one attached hydrogen (secondary N) is 1. The first kappa shape index (κ1) is 11.6. The van der Waals surface area contributed by atoms with Gasteiger partial charge in [0.25, 0.3) is 0 Å². The van der Waals surface area contributed by atoms with E-state index in [9.17, 15) is 0 Å². The molecule has 0 radical (unpaired) electrons. The van der Waals surface area contributed by atoms with E-state index in [1.54, 1.807) is 0 Å². The van der Waals surface area contributed by atoms with Crippen molar-refractivity contribution in [3.8, 4) is 0 Å². The fourth-order valence-electron chi connectivity index (χ4n) is 1.90. The summed E-state index contributed by atoms with van der Waals surface area (Å²) in [7, 11) is 0. The van der Waals surface area contributed by atoms with Crippen LogP contribution in [-0.4, -0.2) is 23.0 Å². The Balaban J connectivity index is 1.91. The van der Waals surface area contributed by atoms with Gasteiger partial charge in [-0.25, -0.2) is 4.98 Å². The number of pyridine rings is 1. The Kier molecular flexibility index (Phi) is 3.93. The zero-order valence-corrected chi connectivity index (χ0v) is 10.5. The minimum Gasteiger partial charge on any atom is -0.396 e. The molecule has 2 rings (SSSR count). The van der Waals surface area contributed by atoms with Crippen LogP contribution in [0.3, 0.4) is 0 Å². The van der Waals surface area contributed by atoms with Crippen molar-refractivity contribution in [2.45, 2.75) is 19.8 Å². The van der Waals surface area contributed by atoms with Gasteiger partial charge in [-0.1, -0.05) is 0 Å². The molecule has 0 aromatic carbocycles. The molecule has 1 aromatic rings. The van der Waals surface area contributed by atoms with E-state index in [0.29, 0.717) is 0 Å². The van der Waals surface area contributed by atoms with E-state index in [0.717, 1.165) is 29.5 Å². The van der Waals surface area contributed by atoms with Crippen LogP contribution in [-0.2, 0) is 0 Å². The van der Waals surface area contributed by atoms with Crippen LogP contribution < -0.4 is 11.1 Å². The maximum absolute atomic E-state index is 5.97. The van der Waals surface area contributed by atoms with E-state index in [1.807, 2.05) is 19.2 Å². The molecule has 3 nitrogen and oxygen atoms in total. The fourth-order valence-corrected chi connectivity index (χ4v) is 3.11. The van der Waals surface area contributed by atoms with Crippen molar-refractivity contribution in [2.75, 3.05) is 29.1 Å². The predicted molar refractivity (Wildman–Crippen MR) is 71.9 cm³/mol. The monoisotopic (exact) mass is 237 g/mol. The normalized spacial score (nSPS) is 17.3.